The summed E-state index contributed by atoms with van der Waals surface area (Å²) in [5.41, 5.74) is 11.2. The quantitative estimate of drug-likeness (QED) is 0.768. The third kappa shape index (κ3) is 3.31. The summed E-state index contributed by atoms with van der Waals surface area (Å²) in [6.07, 6.45) is 0. The minimum atomic E-state index is -0.509. The Hall–Kier alpha value is -2.90. The van der Waals surface area contributed by atoms with Gasteiger partial charge in [0.25, 0.3) is 0 Å². The molecule has 0 fully saturated rings. The standard InChI is InChI=1S/C12H13N5O3/c1-19-8-4-2-7(3-5-8)10(18)20-6-9-15-11(13)17-12(14)16-9/h2-5H,6H2,1H3,(H4,13,14,15,16,17). The van der Waals surface area contributed by atoms with Crippen LogP contribution in [0.4, 0.5) is 11.9 Å². The normalized spacial score (nSPS) is 10.1. The van der Waals surface area contributed by atoms with E-state index in [1.165, 1.54) is 0 Å². The molecule has 0 atom stereocenters. The lowest BCUT2D eigenvalue weighted by Gasteiger charge is -2.05. The second-order valence-corrected chi connectivity index (χ2v) is 3.77. The van der Waals surface area contributed by atoms with E-state index in [0.717, 1.165) is 0 Å². The van der Waals surface area contributed by atoms with Crippen LogP contribution in [-0.4, -0.2) is 28.0 Å². The summed E-state index contributed by atoms with van der Waals surface area (Å²) in [4.78, 5) is 23.0. The Labute approximate surface area is 114 Å². The third-order valence-corrected chi connectivity index (χ3v) is 2.37. The number of nitrogens with zero attached hydrogens (tertiary/aromatic N) is 3. The topological polar surface area (TPSA) is 126 Å². The van der Waals surface area contributed by atoms with Gasteiger partial charge in [0, 0.05) is 0 Å². The lowest BCUT2D eigenvalue weighted by molar-refractivity contribution is 0.0462. The molecular weight excluding hydrogens is 262 g/mol. The fourth-order valence-corrected chi connectivity index (χ4v) is 1.46. The molecule has 2 rings (SSSR count). The van der Waals surface area contributed by atoms with Crippen molar-refractivity contribution in [2.45, 2.75) is 6.61 Å². The van der Waals surface area contributed by atoms with Crippen molar-refractivity contribution in [3.8, 4) is 5.75 Å². The van der Waals surface area contributed by atoms with Crippen LogP contribution in [0.2, 0.25) is 0 Å². The number of hydrogen-bond donors (Lipinski definition) is 2. The number of carbonyl (C=O) groups is 1. The molecule has 104 valence electrons. The van der Waals surface area contributed by atoms with Crippen molar-refractivity contribution >= 4 is 17.9 Å². The Balaban J connectivity index is 2.00. The molecule has 0 bridgehead atoms. The Bertz CT molecular complexity index is 595. The predicted molar refractivity (Wildman–Crippen MR) is 70.8 cm³/mol. The highest BCUT2D eigenvalue weighted by Crippen LogP contribution is 2.12. The van der Waals surface area contributed by atoms with Gasteiger partial charge in [-0.2, -0.15) is 15.0 Å². The van der Waals surface area contributed by atoms with E-state index in [9.17, 15) is 4.79 Å². The number of benzene rings is 1. The van der Waals surface area contributed by atoms with Gasteiger partial charge >= 0.3 is 5.97 Å². The van der Waals surface area contributed by atoms with Gasteiger partial charge in [-0.1, -0.05) is 0 Å². The largest absolute Gasteiger partial charge is 0.497 e. The summed E-state index contributed by atoms with van der Waals surface area (Å²) < 4.78 is 10.1. The summed E-state index contributed by atoms with van der Waals surface area (Å²) >= 11 is 0. The van der Waals surface area contributed by atoms with Crippen molar-refractivity contribution in [2.24, 2.45) is 0 Å². The molecule has 4 N–H and O–H groups in total. The monoisotopic (exact) mass is 275 g/mol. The van der Waals surface area contributed by atoms with Gasteiger partial charge in [-0.25, -0.2) is 4.79 Å². The first-order valence-corrected chi connectivity index (χ1v) is 5.65. The molecule has 0 unspecified atom stereocenters. The maximum absolute atomic E-state index is 11.8. The number of nitrogen functional groups attached to an aromatic ring is 2. The van der Waals surface area contributed by atoms with Crippen molar-refractivity contribution in [3.05, 3.63) is 35.7 Å². The van der Waals surface area contributed by atoms with Crippen LogP contribution >= 0.6 is 0 Å². The fourth-order valence-electron chi connectivity index (χ4n) is 1.46. The van der Waals surface area contributed by atoms with Crippen LogP contribution in [0.25, 0.3) is 0 Å². The van der Waals surface area contributed by atoms with Crippen LogP contribution in [-0.2, 0) is 11.3 Å². The first-order valence-electron chi connectivity index (χ1n) is 5.65. The number of aromatic nitrogens is 3. The maximum atomic E-state index is 11.8. The van der Waals surface area contributed by atoms with E-state index in [4.69, 9.17) is 20.9 Å². The molecule has 0 amide bonds. The highest BCUT2D eigenvalue weighted by atomic mass is 16.5. The zero-order valence-electron chi connectivity index (χ0n) is 10.7. The average Bonchev–Trinajstić information content (AvgIpc) is 2.44. The van der Waals surface area contributed by atoms with Gasteiger partial charge in [-0.3, -0.25) is 0 Å². The second kappa shape index (κ2) is 5.83. The first-order chi connectivity index (χ1) is 9.58. The number of hydrogen-bond acceptors (Lipinski definition) is 8. The van der Waals surface area contributed by atoms with E-state index < -0.39 is 5.97 Å². The van der Waals surface area contributed by atoms with Crippen LogP contribution < -0.4 is 16.2 Å². The Morgan fingerprint density at radius 2 is 1.70 bits per heavy atom. The molecule has 0 aliphatic carbocycles. The summed E-state index contributed by atoms with van der Waals surface area (Å²) in [5, 5.41) is 0. The highest BCUT2D eigenvalue weighted by Gasteiger charge is 2.09. The van der Waals surface area contributed by atoms with Gasteiger partial charge < -0.3 is 20.9 Å². The van der Waals surface area contributed by atoms with Crippen LogP contribution in [0.3, 0.4) is 0 Å². The van der Waals surface area contributed by atoms with Crippen LogP contribution in [0.5, 0.6) is 5.75 Å². The lowest BCUT2D eigenvalue weighted by Crippen LogP contribution is -2.11. The second-order valence-electron chi connectivity index (χ2n) is 3.77. The Kier molecular flexibility index (Phi) is 3.94. The summed E-state index contributed by atoms with van der Waals surface area (Å²) in [6.45, 7) is -0.137. The molecule has 8 nitrogen and oxygen atoms in total. The van der Waals surface area contributed by atoms with E-state index in [0.29, 0.717) is 11.3 Å². The third-order valence-electron chi connectivity index (χ3n) is 2.37. The number of methoxy groups -OCH3 is 1. The van der Waals surface area contributed by atoms with E-state index in [2.05, 4.69) is 15.0 Å². The van der Waals surface area contributed by atoms with Crippen molar-refractivity contribution in [3.63, 3.8) is 0 Å². The molecule has 8 heteroatoms. The number of rotatable bonds is 4. The van der Waals surface area contributed by atoms with Gasteiger partial charge in [0.05, 0.1) is 12.7 Å². The maximum Gasteiger partial charge on any atom is 0.338 e. The molecule has 20 heavy (non-hydrogen) atoms. The highest BCUT2D eigenvalue weighted by molar-refractivity contribution is 5.89. The molecule has 0 spiro atoms. The van der Waals surface area contributed by atoms with Crippen molar-refractivity contribution in [1.82, 2.24) is 15.0 Å². The van der Waals surface area contributed by atoms with Crippen LogP contribution in [0.15, 0.2) is 24.3 Å². The van der Waals surface area contributed by atoms with Crippen molar-refractivity contribution in [1.29, 1.82) is 0 Å². The Morgan fingerprint density at radius 3 is 2.25 bits per heavy atom. The van der Waals surface area contributed by atoms with Gasteiger partial charge in [0.2, 0.25) is 11.9 Å². The number of carbonyl (C=O) groups excluding carboxylic acids is 1. The minimum Gasteiger partial charge on any atom is -0.497 e. The SMILES string of the molecule is COc1ccc(C(=O)OCc2nc(N)nc(N)n2)cc1. The number of ether oxygens (including phenoxy) is 2. The molecule has 0 saturated carbocycles. The average molecular weight is 275 g/mol. The molecule has 0 aliphatic rings. The van der Waals surface area contributed by atoms with Gasteiger partial charge in [-0.05, 0) is 24.3 Å². The molecule has 0 radical (unpaired) electrons. The minimum absolute atomic E-state index is 0.0204. The summed E-state index contributed by atoms with van der Waals surface area (Å²) in [6, 6.07) is 6.51. The van der Waals surface area contributed by atoms with Crippen LogP contribution in [0, 0.1) is 0 Å². The van der Waals surface area contributed by atoms with Crippen molar-refractivity contribution < 1.29 is 14.3 Å². The molecule has 1 aromatic carbocycles. The van der Waals surface area contributed by atoms with E-state index >= 15 is 0 Å². The molecule has 0 saturated heterocycles. The molecule has 2 aromatic rings. The summed E-state index contributed by atoms with van der Waals surface area (Å²) in [7, 11) is 1.54. The van der Waals surface area contributed by atoms with Gasteiger partial charge in [-0.15, -0.1) is 0 Å². The number of anilines is 2. The van der Waals surface area contributed by atoms with E-state index in [1.807, 2.05) is 0 Å². The zero-order valence-corrected chi connectivity index (χ0v) is 10.7. The zero-order chi connectivity index (χ0) is 14.5. The molecule has 1 heterocycles. The van der Waals surface area contributed by atoms with Crippen molar-refractivity contribution in [2.75, 3.05) is 18.6 Å². The van der Waals surface area contributed by atoms with E-state index in [1.54, 1.807) is 31.4 Å². The number of esters is 1. The molecule has 1 aromatic heterocycles. The Morgan fingerprint density at radius 1 is 1.10 bits per heavy atom. The smallest absolute Gasteiger partial charge is 0.338 e. The fraction of sp³-hybridized carbons (Fsp3) is 0.167. The van der Waals surface area contributed by atoms with E-state index in [-0.39, 0.29) is 24.3 Å². The summed E-state index contributed by atoms with van der Waals surface area (Å²) in [5.74, 6) is 0.294. The molecular formula is C12H13N5O3. The lowest BCUT2D eigenvalue weighted by atomic mass is 10.2. The number of nitrogens with two attached hydrogens (primary N) is 2. The van der Waals surface area contributed by atoms with Crippen LogP contribution in [0.1, 0.15) is 16.2 Å². The van der Waals surface area contributed by atoms with Gasteiger partial charge in [0.15, 0.2) is 12.4 Å². The molecule has 0 aliphatic heterocycles. The van der Waals surface area contributed by atoms with Gasteiger partial charge in [0.1, 0.15) is 5.75 Å². The predicted octanol–water partition coefficient (Wildman–Crippen LogP) is 0.402. The first kappa shape index (κ1) is 13.5.